The molecule has 0 fully saturated rings. The monoisotopic (exact) mass is 296 g/mol. The first kappa shape index (κ1) is 14.1. The number of amides is 1. The minimum Gasteiger partial charge on any atom is -0.484 e. The summed E-state index contributed by atoms with van der Waals surface area (Å²) in [7, 11) is 0. The lowest BCUT2D eigenvalue weighted by Gasteiger charge is -2.07. The van der Waals surface area contributed by atoms with Crippen LogP contribution in [-0.2, 0) is 11.3 Å². The molecule has 0 aliphatic rings. The van der Waals surface area contributed by atoms with Crippen molar-refractivity contribution in [3.63, 3.8) is 0 Å². The fraction of sp³-hybridized carbons (Fsp3) is 0.176. The number of carbonyl (C=O) groups is 1. The summed E-state index contributed by atoms with van der Waals surface area (Å²) in [5, 5.41) is 2.81. The van der Waals surface area contributed by atoms with Crippen LogP contribution in [0.3, 0.4) is 0 Å². The summed E-state index contributed by atoms with van der Waals surface area (Å²) in [5.74, 6) is 0.516. The fourth-order valence-corrected chi connectivity index (χ4v) is 2.04. The predicted octanol–water partition coefficient (Wildman–Crippen LogP) is 2.83. The Morgan fingerprint density at radius 3 is 2.86 bits per heavy atom. The van der Waals surface area contributed by atoms with Crippen molar-refractivity contribution >= 4 is 17.0 Å². The van der Waals surface area contributed by atoms with Gasteiger partial charge in [0, 0.05) is 6.54 Å². The molecule has 1 heterocycles. The average Bonchev–Trinajstić information content (AvgIpc) is 3.00. The van der Waals surface area contributed by atoms with Gasteiger partial charge in [-0.25, -0.2) is 4.98 Å². The van der Waals surface area contributed by atoms with E-state index in [0.717, 1.165) is 16.6 Å². The number of fused-ring (bicyclic) bond motifs is 1. The van der Waals surface area contributed by atoms with Crippen LogP contribution in [0.2, 0.25) is 0 Å². The van der Waals surface area contributed by atoms with Gasteiger partial charge in [0.05, 0.1) is 0 Å². The van der Waals surface area contributed by atoms with Gasteiger partial charge in [-0.1, -0.05) is 23.8 Å². The first-order valence-electron chi connectivity index (χ1n) is 6.99. The summed E-state index contributed by atoms with van der Waals surface area (Å²) < 4.78 is 10.7. The number of aromatic nitrogens is 1. The standard InChI is InChI=1S/C17H16N2O3/c1-12-2-5-14(6-3-12)21-10-17(20)18-9-13-4-7-15-16(8-13)22-11-19-15/h2-8,11H,9-10H2,1H3,(H,18,20). The highest BCUT2D eigenvalue weighted by atomic mass is 16.5. The molecule has 2 aromatic carbocycles. The van der Waals surface area contributed by atoms with Crippen LogP contribution in [-0.4, -0.2) is 17.5 Å². The number of nitrogens with zero attached hydrogens (tertiary/aromatic N) is 1. The number of oxazole rings is 1. The lowest BCUT2D eigenvalue weighted by molar-refractivity contribution is -0.123. The van der Waals surface area contributed by atoms with Gasteiger partial charge >= 0.3 is 0 Å². The molecule has 1 aromatic heterocycles. The molecule has 0 bridgehead atoms. The van der Waals surface area contributed by atoms with E-state index >= 15 is 0 Å². The van der Waals surface area contributed by atoms with Gasteiger partial charge in [-0.05, 0) is 36.8 Å². The summed E-state index contributed by atoms with van der Waals surface area (Å²) in [4.78, 5) is 15.8. The Hall–Kier alpha value is -2.82. The molecule has 3 aromatic rings. The average molecular weight is 296 g/mol. The Morgan fingerprint density at radius 2 is 2.05 bits per heavy atom. The molecule has 0 spiro atoms. The maximum absolute atomic E-state index is 11.8. The highest BCUT2D eigenvalue weighted by molar-refractivity contribution is 5.78. The number of ether oxygens (including phenoxy) is 1. The van der Waals surface area contributed by atoms with Crippen LogP contribution >= 0.6 is 0 Å². The molecular formula is C17H16N2O3. The summed E-state index contributed by atoms with van der Waals surface area (Å²) in [5.41, 5.74) is 3.62. The number of benzene rings is 2. The molecule has 0 unspecified atom stereocenters. The Labute approximate surface area is 127 Å². The molecule has 0 aliphatic carbocycles. The molecule has 0 saturated heterocycles. The topological polar surface area (TPSA) is 64.4 Å². The maximum atomic E-state index is 11.8. The predicted molar refractivity (Wildman–Crippen MR) is 82.5 cm³/mol. The molecule has 22 heavy (non-hydrogen) atoms. The SMILES string of the molecule is Cc1ccc(OCC(=O)NCc2ccc3ncoc3c2)cc1. The highest BCUT2D eigenvalue weighted by Crippen LogP contribution is 2.14. The van der Waals surface area contributed by atoms with Crippen LogP contribution in [0.4, 0.5) is 0 Å². The lowest BCUT2D eigenvalue weighted by atomic mass is 10.2. The summed E-state index contributed by atoms with van der Waals surface area (Å²) in [6.45, 7) is 2.42. The number of rotatable bonds is 5. The zero-order valence-corrected chi connectivity index (χ0v) is 12.2. The minimum absolute atomic E-state index is 0.00634. The Kier molecular flexibility index (Phi) is 4.05. The van der Waals surface area contributed by atoms with Crippen molar-refractivity contribution in [2.75, 3.05) is 6.61 Å². The van der Waals surface area contributed by atoms with Crippen molar-refractivity contribution in [3.8, 4) is 5.75 Å². The zero-order chi connectivity index (χ0) is 15.4. The zero-order valence-electron chi connectivity index (χ0n) is 12.2. The van der Waals surface area contributed by atoms with Gasteiger partial charge in [-0.3, -0.25) is 4.79 Å². The largest absolute Gasteiger partial charge is 0.484 e. The third-order valence-electron chi connectivity index (χ3n) is 3.28. The molecule has 0 radical (unpaired) electrons. The third kappa shape index (κ3) is 3.44. The Bertz CT molecular complexity index is 778. The van der Waals surface area contributed by atoms with Crippen LogP contribution < -0.4 is 10.1 Å². The second-order valence-corrected chi connectivity index (χ2v) is 5.03. The molecule has 0 atom stereocenters. The summed E-state index contributed by atoms with van der Waals surface area (Å²) in [6.07, 6.45) is 1.41. The molecule has 1 N–H and O–H groups in total. The summed E-state index contributed by atoms with van der Waals surface area (Å²) in [6, 6.07) is 13.2. The van der Waals surface area contributed by atoms with Crippen LogP contribution in [0.1, 0.15) is 11.1 Å². The van der Waals surface area contributed by atoms with E-state index in [-0.39, 0.29) is 12.5 Å². The normalized spacial score (nSPS) is 10.6. The first-order valence-corrected chi connectivity index (χ1v) is 6.99. The van der Waals surface area contributed by atoms with Gasteiger partial charge in [0.25, 0.3) is 5.91 Å². The molecule has 5 nitrogen and oxygen atoms in total. The van der Waals surface area contributed by atoms with Crippen LogP contribution in [0.5, 0.6) is 5.75 Å². The van der Waals surface area contributed by atoms with Crippen molar-refractivity contribution in [2.24, 2.45) is 0 Å². The number of nitrogens with one attached hydrogen (secondary N) is 1. The van der Waals surface area contributed by atoms with Crippen molar-refractivity contribution in [1.29, 1.82) is 0 Å². The maximum Gasteiger partial charge on any atom is 0.258 e. The first-order chi connectivity index (χ1) is 10.7. The van der Waals surface area contributed by atoms with Crippen LogP contribution in [0.15, 0.2) is 53.3 Å². The van der Waals surface area contributed by atoms with Gasteiger partial charge in [0.2, 0.25) is 0 Å². The number of hydrogen-bond acceptors (Lipinski definition) is 4. The second kappa shape index (κ2) is 6.30. The van der Waals surface area contributed by atoms with E-state index in [9.17, 15) is 4.79 Å². The Morgan fingerprint density at radius 1 is 1.23 bits per heavy atom. The molecule has 1 amide bonds. The van der Waals surface area contributed by atoms with E-state index in [2.05, 4.69) is 10.3 Å². The van der Waals surface area contributed by atoms with Crippen molar-refractivity contribution in [3.05, 3.63) is 60.0 Å². The molecule has 5 heteroatoms. The second-order valence-electron chi connectivity index (χ2n) is 5.03. The van der Waals surface area contributed by atoms with Gasteiger partial charge in [0.15, 0.2) is 18.6 Å². The fourth-order valence-electron chi connectivity index (χ4n) is 2.04. The van der Waals surface area contributed by atoms with E-state index in [1.807, 2.05) is 49.4 Å². The van der Waals surface area contributed by atoms with Crippen LogP contribution in [0, 0.1) is 6.92 Å². The quantitative estimate of drug-likeness (QED) is 0.786. The third-order valence-corrected chi connectivity index (χ3v) is 3.28. The highest BCUT2D eigenvalue weighted by Gasteiger charge is 2.05. The molecule has 3 rings (SSSR count). The smallest absolute Gasteiger partial charge is 0.258 e. The number of hydrogen-bond donors (Lipinski definition) is 1. The van der Waals surface area contributed by atoms with Crippen molar-refractivity contribution in [1.82, 2.24) is 10.3 Å². The van der Waals surface area contributed by atoms with Crippen molar-refractivity contribution in [2.45, 2.75) is 13.5 Å². The van der Waals surface area contributed by atoms with E-state index in [0.29, 0.717) is 17.9 Å². The van der Waals surface area contributed by atoms with E-state index in [1.165, 1.54) is 6.39 Å². The van der Waals surface area contributed by atoms with Gasteiger partial charge in [-0.2, -0.15) is 0 Å². The lowest BCUT2D eigenvalue weighted by Crippen LogP contribution is -2.28. The van der Waals surface area contributed by atoms with Crippen LogP contribution in [0.25, 0.3) is 11.1 Å². The van der Waals surface area contributed by atoms with E-state index < -0.39 is 0 Å². The molecule has 0 saturated carbocycles. The molecular weight excluding hydrogens is 280 g/mol. The van der Waals surface area contributed by atoms with Gasteiger partial charge in [-0.15, -0.1) is 0 Å². The Balaban J connectivity index is 1.50. The molecule has 112 valence electrons. The van der Waals surface area contributed by atoms with Gasteiger partial charge in [0.1, 0.15) is 11.3 Å². The van der Waals surface area contributed by atoms with E-state index in [1.54, 1.807) is 0 Å². The molecule has 0 aliphatic heterocycles. The summed E-state index contributed by atoms with van der Waals surface area (Å²) >= 11 is 0. The number of carbonyl (C=O) groups excluding carboxylic acids is 1. The van der Waals surface area contributed by atoms with E-state index in [4.69, 9.17) is 9.15 Å². The number of aryl methyl sites for hydroxylation is 1. The van der Waals surface area contributed by atoms with Gasteiger partial charge < -0.3 is 14.5 Å². The minimum atomic E-state index is -0.168. The van der Waals surface area contributed by atoms with Crippen molar-refractivity contribution < 1.29 is 13.9 Å².